The first-order valence-electron chi connectivity index (χ1n) is 6.08. The average Bonchev–Trinajstić information content (AvgIpc) is 2.34. The van der Waals surface area contributed by atoms with E-state index < -0.39 is 5.82 Å². The predicted octanol–water partition coefficient (Wildman–Crippen LogP) is 2.94. The van der Waals surface area contributed by atoms with Crippen LogP contribution in [0.5, 0.6) is 0 Å². The van der Waals surface area contributed by atoms with Crippen molar-refractivity contribution in [3.8, 4) is 0 Å². The smallest absolute Gasteiger partial charge is 0.227 e. The fraction of sp³-hybridized carbons (Fsp3) is 0.462. The summed E-state index contributed by atoms with van der Waals surface area (Å²) >= 11 is 5.58. The Hall–Kier alpha value is -1.13. The normalized spacial score (nSPS) is 23.7. The van der Waals surface area contributed by atoms with Crippen molar-refractivity contribution in [3.05, 3.63) is 29.0 Å². The number of benzene rings is 1. The third-order valence-electron chi connectivity index (χ3n) is 3.33. The lowest BCUT2D eigenvalue weighted by atomic mass is 9.86. The van der Waals surface area contributed by atoms with E-state index >= 15 is 0 Å². The highest BCUT2D eigenvalue weighted by Crippen LogP contribution is 2.25. The zero-order chi connectivity index (χ0) is 13.1. The summed E-state index contributed by atoms with van der Waals surface area (Å²) in [5, 5.41) is 2.77. The molecule has 1 fully saturated rings. The highest BCUT2D eigenvalue weighted by Gasteiger charge is 2.24. The van der Waals surface area contributed by atoms with Gasteiger partial charge in [0.2, 0.25) is 5.91 Å². The van der Waals surface area contributed by atoms with Crippen molar-refractivity contribution >= 4 is 23.2 Å². The number of carbonyl (C=O) groups excluding carboxylic acids is 1. The molecule has 1 aromatic carbocycles. The molecule has 1 aliphatic rings. The average molecular weight is 271 g/mol. The lowest BCUT2D eigenvalue weighted by molar-refractivity contribution is -0.120. The van der Waals surface area contributed by atoms with E-state index in [-0.39, 0.29) is 22.9 Å². The lowest BCUT2D eigenvalue weighted by Crippen LogP contribution is -2.32. The molecule has 0 spiro atoms. The van der Waals surface area contributed by atoms with Gasteiger partial charge in [-0.05, 0) is 43.9 Å². The topological polar surface area (TPSA) is 55.1 Å². The monoisotopic (exact) mass is 270 g/mol. The van der Waals surface area contributed by atoms with Crippen LogP contribution in [0.3, 0.4) is 0 Å². The van der Waals surface area contributed by atoms with Crippen molar-refractivity contribution < 1.29 is 9.18 Å². The fourth-order valence-electron chi connectivity index (χ4n) is 2.20. The quantitative estimate of drug-likeness (QED) is 0.868. The second kappa shape index (κ2) is 5.67. The number of carbonyl (C=O) groups is 1. The largest absolute Gasteiger partial charge is 0.328 e. The number of nitrogens with two attached hydrogens (primary N) is 1. The first-order chi connectivity index (χ1) is 8.56. The molecule has 5 heteroatoms. The molecule has 1 amide bonds. The zero-order valence-corrected chi connectivity index (χ0v) is 10.7. The second-order valence-electron chi connectivity index (χ2n) is 4.73. The molecule has 0 radical (unpaired) electrons. The summed E-state index contributed by atoms with van der Waals surface area (Å²) in [6.07, 6.45) is 3.33. The molecule has 1 aromatic rings. The van der Waals surface area contributed by atoms with Crippen LogP contribution in [0.25, 0.3) is 0 Å². The van der Waals surface area contributed by atoms with E-state index in [1.807, 2.05) is 0 Å². The van der Waals surface area contributed by atoms with Gasteiger partial charge in [0.1, 0.15) is 5.82 Å². The molecule has 18 heavy (non-hydrogen) atoms. The Morgan fingerprint density at radius 2 is 2.00 bits per heavy atom. The molecule has 0 saturated heterocycles. The summed E-state index contributed by atoms with van der Waals surface area (Å²) in [4.78, 5) is 12.0. The first-order valence-corrected chi connectivity index (χ1v) is 6.45. The molecular weight excluding hydrogens is 255 g/mol. The van der Waals surface area contributed by atoms with Gasteiger partial charge in [-0.25, -0.2) is 4.39 Å². The minimum atomic E-state index is -0.528. The van der Waals surface area contributed by atoms with Crippen LogP contribution in [0.15, 0.2) is 18.2 Å². The van der Waals surface area contributed by atoms with Crippen LogP contribution in [0.4, 0.5) is 10.1 Å². The highest BCUT2D eigenvalue weighted by atomic mass is 35.5. The molecule has 0 atom stereocenters. The summed E-state index contributed by atoms with van der Waals surface area (Å²) < 4.78 is 13.2. The van der Waals surface area contributed by atoms with Crippen LogP contribution < -0.4 is 11.1 Å². The third kappa shape index (κ3) is 3.21. The van der Waals surface area contributed by atoms with Gasteiger partial charge in [0, 0.05) is 17.6 Å². The maximum absolute atomic E-state index is 13.2. The molecular formula is C13H16ClFN2O. The number of amides is 1. The van der Waals surface area contributed by atoms with Gasteiger partial charge in [0.15, 0.2) is 0 Å². The van der Waals surface area contributed by atoms with Crippen molar-refractivity contribution in [1.82, 2.24) is 0 Å². The Morgan fingerprint density at radius 3 is 2.61 bits per heavy atom. The molecule has 3 nitrogen and oxygen atoms in total. The van der Waals surface area contributed by atoms with Crippen LogP contribution in [-0.2, 0) is 4.79 Å². The summed E-state index contributed by atoms with van der Waals surface area (Å²) in [5.74, 6) is -0.618. The van der Waals surface area contributed by atoms with Crippen LogP contribution >= 0.6 is 11.6 Å². The fourth-order valence-corrected chi connectivity index (χ4v) is 2.32. The molecule has 3 N–H and O–H groups in total. The number of rotatable bonds is 2. The van der Waals surface area contributed by atoms with Gasteiger partial charge in [-0.15, -0.1) is 0 Å². The molecule has 0 aromatic heterocycles. The Balaban J connectivity index is 1.96. The number of anilines is 1. The summed E-state index contributed by atoms with van der Waals surface area (Å²) in [7, 11) is 0. The Labute approximate surface area is 111 Å². The molecule has 1 aliphatic carbocycles. The number of halogens is 2. The number of hydrogen-bond acceptors (Lipinski definition) is 2. The van der Waals surface area contributed by atoms with Gasteiger partial charge in [-0.2, -0.15) is 0 Å². The zero-order valence-electron chi connectivity index (χ0n) is 9.96. The minimum Gasteiger partial charge on any atom is -0.328 e. The maximum Gasteiger partial charge on any atom is 0.227 e. The SMILES string of the molecule is NC1CCC(C(=O)Nc2ccc(Cl)c(F)c2)CC1. The Kier molecular flexibility index (Phi) is 4.19. The van der Waals surface area contributed by atoms with Gasteiger partial charge in [0.25, 0.3) is 0 Å². The molecule has 1 saturated carbocycles. The Morgan fingerprint density at radius 1 is 1.33 bits per heavy atom. The van der Waals surface area contributed by atoms with Gasteiger partial charge < -0.3 is 11.1 Å². The second-order valence-corrected chi connectivity index (χ2v) is 5.14. The van der Waals surface area contributed by atoms with E-state index in [2.05, 4.69) is 5.32 Å². The molecule has 98 valence electrons. The Bertz CT molecular complexity index is 445. The maximum atomic E-state index is 13.2. The van der Waals surface area contributed by atoms with E-state index in [0.29, 0.717) is 5.69 Å². The van der Waals surface area contributed by atoms with Crippen molar-refractivity contribution in [2.45, 2.75) is 31.7 Å². The summed E-state index contributed by atoms with van der Waals surface area (Å²) in [6.45, 7) is 0. The van der Waals surface area contributed by atoms with Crippen molar-refractivity contribution in [3.63, 3.8) is 0 Å². The predicted molar refractivity (Wildman–Crippen MR) is 70.0 cm³/mol. The van der Waals surface area contributed by atoms with Crippen molar-refractivity contribution in [2.75, 3.05) is 5.32 Å². The van der Waals surface area contributed by atoms with Crippen molar-refractivity contribution in [1.29, 1.82) is 0 Å². The highest BCUT2D eigenvalue weighted by molar-refractivity contribution is 6.30. The van der Waals surface area contributed by atoms with E-state index in [4.69, 9.17) is 17.3 Å². The van der Waals surface area contributed by atoms with Crippen LogP contribution in [-0.4, -0.2) is 11.9 Å². The van der Waals surface area contributed by atoms with E-state index in [1.165, 1.54) is 12.1 Å². The van der Waals surface area contributed by atoms with Gasteiger partial charge in [-0.3, -0.25) is 4.79 Å². The van der Waals surface area contributed by atoms with Crippen LogP contribution in [0.1, 0.15) is 25.7 Å². The summed E-state index contributed by atoms with van der Waals surface area (Å²) in [5.41, 5.74) is 6.23. The van der Waals surface area contributed by atoms with E-state index in [9.17, 15) is 9.18 Å². The van der Waals surface area contributed by atoms with Crippen molar-refractivity contribution in [2.24, 2.45) is 11.7 Å². The summed E-state index contributed by atoms with van der Waals surface area (Å²) in [6, 6.07) is 4.47. The molecule has 0 aliphatic heterocycles. The van der Waals surface area contributed by atoms with Gasteiger partial charge >= 0.3 is 0 Å². The van der Waals surface area contributed by atoms with Crippen LogP contribution in [0, 0.1) is 11.7 Å². The van der Waals surface area contributed by atoms with E-state index in [1.54, 1.807) is 6.07 Å². The first kappa shape index (κ1) is 13.3. The third-order valence-corrected chi connectivity index (χ3v) is 3.64. The number of hydrogen-bond donors (Lipinski definition) is 2. The molecule has 0 heterocycles. The van der Waals surface area contributed by atoms with Gasteiger partial charge in [-0.1, -0.05) is 11.6 Å². The molecule has 2 rings (SSSR count). The minimum absolute atomic E-state index is 0.0245. The number of nitrogens with one attached hydrogen (secondary N) is 1. The van der Waals surface area contributed by atoms with Gasteiger partial charge in [0.05, 0.1) is 5.02 Å². The molecule has 0 unspecified atom stereocenters. The standard InChI is InChI=1S/C13H16ClFN2O/c14-11-6-5-10(7-12(11)15)17-13(18)8-1-3-9(16)4-2-8/h5-9H,1-4,16H2,(H,17,18). The molecule has 0 bridgehead atoms. The van der Waals surface area contributed by atoms with Crippen LogP contribution in [0.2, 0.25) is 5.02 Å². The van der Waals surface area contributed by atoms with E-state index in [0.717, 1.165) is 25.7 Å². The lowest BCUT2D eigenvalue weighted by Gasteiger charge is -2.25.